The van der Waals surface area contributed by atoms with Crippen LogP contribution >= 0.6 is 0 Å². The van der Waals surface area contributed by atoms with Gasteiger partial charge in [0, 0.05) is 6.04 Å². The van der Waals surface area contributed by atoms with Crippen LogP contribution in [-0.2, 0) is 11.0 Å². The fourth-order valence-corrected chi connectivity index (χ4v) is 2.57. The molecule has 1 aromatic rings. The fourth-order valence-electron chi connectivity index (χ4n) is 2.57. The van der Waals surface area contributed by atoms with Gasteiger partial charge in [0.15, 0.2) is 0 Å². The number of hydrogen-bond acceptors (Lipinski definition) is 1. The van der Waals surface area contributed by atoms with Crippen molar-refractivity contribution in [3.63, 3.8) is 0 Å². The van der Waals surface area contributed by atoms with Gasteiger partial charge in [0.05, 0.1) is 5.54 Å². The molecule has 2 saturated carbocycles. The van der Waals surface area contributed by atoms with Crippen molar-refractivity contribution in [3.8, 4) is 0 Å². The second-order valence-electron chi connectivity index (χ2n) is 7.28. The average Bonchev–Trinajstić information content (AvgIpc) is 3.26. The van der Waals surface area contributed by atoms with Gasteiger partial charge in [0.1, 0.15) is 0 Å². The summed E-state index contributed by atoms with van der Waals surface area (Å²) in [5.41, 5.74) is 2.62. The van der Waals surface area contributed by atoms with Crippen molar-refractivity contribution < 1.29 is 4.79 Å². The molecule has 20 heavy (non-hydrogen) atoms. The van der Waals surface area contributed by atoms with Crippen LogP contribution in [0.5, 0.6) is 0 Å². The molecule has 3 rings (SSSR count). The summed E-state index contributed by atoms with van der Waals surface area (Å²) in [4.78, 5) is 11.9. The van der Waals surface area contributed by atoms with Gasteiger partial charge in [-0.25, -0.2) is 4.79 Å². The van der Waals surface area contributed by atoms with E-state index in [4.69, 9.17) is 0 Å². The number of carbonyl (C=O) groups excluding carboxylic acids is 1. The van der Waals surface area contributed by atoms with Crippen molar-refractivity contribution in [1.82, 2.24) is 10.6 Å². The normalized spacial score (nSPS) is 20.4. The number of amides is 2. The molecule has 2 fully saturated rings. The Morgan fingerprint density at radius 1 is 1.15 bits per heavy atom. The highest BCUT2D eigenvalue weighted by Gasteiger charge is 2.46. The van der Waals surface area contributed by atoms with Gasteiger partial charge in [-0.1, -0.05) is 45.0 Å². The molecule has 0 saturated heterocycles. The van der Waals surface area contributed by atoms with Crippen molar-refractivity contribution in [2.24, 2.45) is 0 Å². The standard InChI is InChI=1S/C17H24N2O/c1-16(2,3)12-4-6-13(7-5-12)17(10-11-17)19-15(20)18-14-8-9-14/h4-7,14H,8-11H2,1-3H3,(H2,18,19,20). The molecule has 0 spiro atoms. The van der Waals surface area contributed by atoms with Crippen molar-refractivity contribution in [1.29, 1.82) is 0 Å². The largest absolute Gasteiger partial charge is 0.335 e. The van der Waals surface area contributed by atoms with Crippen LogP contribution in [0.25, 0.3) is 0 Å². The van der Waals surface area contributed by atoms with Gasteiger partial charge >= 0.3 is 6.03 Å². The highest BCUT2D eigenvalue weighted by Crippen LogP contribution is 2.45. The highest BCUT2D eigenvalue weighted by atomic mass is 16.2. The zero-order valence-electron chi connectivity index (χ0n) is 12.6. The molecular formula is C17H24N2O. The van der Waals surface area contributed by atoms with E-state index < -0.39 is 0 Å². The first-order chi connectivity index (χ1) is 9.39. The lowest BCUT2D eigenvalue weighted by molar-refractivity contribution is 0.235. The van der Waals surface area contributed by atoms with Gasteiger partial charge < -0.3 is 10.6 Å². The Labute approximate surface area is 121 Å². The summed E-state index contributed by atoms with van der Waals surface area (Å²) in [7, 11) is 0. The lowest BCUT2D eigenvalue weighted by atomic mass is 9.86. The van der Waals surface area contributed by atoms with E-state index >= 15 is 0 Å². The Kier molecular flexibility index (Phi) is 3.03. The molecule has 2 aliphatic rings. The van der Waals surface area contributed by atoms with Gasteiger partial charge in [-0.15, -0.1) is 0 Å². The first-order valence-corrected chi connectivity index (χ1v) is 7.59. The molecule has 0 radical (unpaired) electrons. The molecule has 1 aromatic carbocycles. The van der Waals surface area contributed by atoms with Crippen molar-refractivity contribution in [2.45, 2.75) is 63.5 Å². The van der Waals surface area contributed by atoms with Gasteiger partial charge in [-0.2, -0.15) is 0 Å². The first kappa shape index (κ1) is 13.5. The zero-order chi connectivity index (χ0) is 14.4. The molecule has 0 aliphatic heterocycles. The highest BCUT2D eigenvalue weighted by molar-refractivity contribution is 5.76. The Bertz CT molecular complexity index is 505. The van der Waals surface area contributed by atoms with Gasteiger partial charge in [0.2, 0.25) is 0 Å². The summed E-state index contributed by atoms with van der Waals surface area (Å²) in [6.45, 7) is 6.66. The van der Waals surface area contributed by atoms with Gasteiger partial charge in [0.25, 0.3) is 0 Å². The summed E-state index contributed by atoms with van der Waals surface area (Å²) in [6.07, 6.45) is 4.33. The Morgan fingerprint density at radius 2 is 1.75 bits per heavy atom. The second-order valence-corrected chi connectivity index (χ2v) is 7.28. The molecule has 3 heteroatoms. The molecule has 108 valence electrons. The fraction of sp³-hybridized carbons (Fsp3) is 0.588. The third-order valence-electron chi connectivity index (χ3n) is 4.32. The van der Waals surface area contributed by atoms with Crippen LogP contribution in [0.2, 0.25) is 0 Å². The molecule has 0 unspecified atom stereocenters. The summed E-state index contributed by atoms with van der Waals surface area (Å²) < 4.78 is 0. The number of urea groups is 1. The van der Waals surface area contributed by atoms with E-state index in [1.807, 2.05) is 0 Å². The predicted octanol–water partition coefficient (Wildman–Crippen LogP) is 3.43. The van der Waals surface area contributed by atoms with Crippen molar-refractivity contribution in [2.75, 3.05) is 0 Å². The predicted molar refractivity (Wildman–Crippen MR) is 80.7 cm³/mol. The molecule has 2 N–H and O–H groups in total. The minimum absolute atomic E-state index is 0.00935. The molecule has 0 heterocycles. The monoisotopic (exact) mass is 272 g/mol. The number of carbonyl (C=O) groups is 1. The van der Waals surface area contributed by atoms with Crippen molar-refractivity contribution in [3.05, 3.63) is 35.4 Å². The maximum absolute atomic E-state index is 11.9. The molecule has 2 aliphatic carbocycles. The summed E-state index contributed by atoms with van der Waals surface area (Å²) >= 11 is 0. The van der Waals surface area contributed by atoms with E-state index in [2.05, 4.69) is 55.7 Å². The Morgan fingerprint density at radius 3 is 2.20 bits per heavy atom. The van der Waals surface area contributed by atoms with E-state index in [1.165, 1.54) is 11.1 Å². The molecule has 0 bridgehead atoms. The topological polar surface area (TPSA) is 41.1 Å². The summed E-state index contributed by atoms with van der Waals surface area (Å²) in [5, 5.41) is 6.17. The van der Waals surface area contributed by atoms with Crippen LogP contribution in [0, 0.1) is 0 Å². The lowest BCUT2D eigenvalue weighted by Gasteiger charge is -2.22. The lowest BCUT2D eigenvalue weighted by Crippen LogP contribution is -2.43. The van der Waals surface area contributed by atoms with E-state index in [0.29, 0.717) is 6.04 Å². The molecule has 2 amide bonds. The Hall–Kier alpha value is -1.51. The van der Waals surface area contributed by atoms with E-state index in [1.54, 1.807) is 0 Å². The second kappa shape index (κ2) is 4.51. The third-order valence-corrected chi connectivity index (χ3v) is 4.32. The van der Waals surface area contributed by atoms with E-state index in [0.717, 1.165) is 25.7 Å². The average molecular weight is 272 g/mol. The zero-order valence-corrected chi connectivity index (χ0v) is 12.6. The maximum Gasteiger partial charge on any atom is 0.315 e. The van der Waals surface area contributed by atoms with Crippen LogP contribution in [0.15, 0.2) is 24.3 Å². The van der Waals surface area contributed by atoms with Crippen molar-refractivity contribution >= 4 is 6.03 Å². The number of hydrogen-bond donors (Lipinski definition) is 2. The van der Waals surface area contributed by atoms with E-state index in [9.17, 15) is 4.79 Å². The molecule has 0 atom stereocenters. The quantitative estimate of drug-likeness (QED) is 0.869. The molecular weight excluding hydrogens is 248 g/mol. The van der Waals surface area contributed by atoms with E-state index in [-0.39, 0.29) is 17.0 Å². The minimum Gasteiger partial charge on any atom is -0.335 e. The molecule has 0 aromatic heterocycles. The van der Waals surface area contributed by atoms with Crippen LogP contribution in [-0.4, -0.2) is 12.1 Å². The van der Waals surface area contributed by atoms with Gasteiger partial charge in [-0.05, 0) is 42.2 Å². The molecule has 3 nitrogen and oxygen atoms in total. The minimum atomic E-state index is -0.116. The Balaban J connectivity index is 1.69. The third kappa shape index (κ3) is 2.82. The number of benzene rings is 1. The number of rotatable bonds is 3. The smallest absolute Gasteiger partial charge is 0.315 e. The van der Waals surface area contributed by atoms with Gasteiger partial charge in [-0.3, -0.25) is 0 Å². The van der Waals surface area contributed by atoms with Crippen LogP contribution in [0.1, 0.15) is 57.6 Å². The summed E-state index contributed by atoms with van der Waals surface area (Å²) in [5.74, 6) is 0. The SMILES string of the molecule is CC(C)(C)c1ccc(C2(NC(=O)NC3CC3)CC2)cc1. The van der Waals surface area contributed by atoms with Crippen LogP contribution in [0.3, 0.4) is 0 Å². The maximum atomic E-state index is 11.9. The first-order valence-electron chi connectivity index (χ1n) is 7.59. The summed E-state index contributed by atoms with van der Waals surface area (Å²) in [6, 6.07) is 9.13. The number of nitrogens with one attached hydrogen (secondary N) is 2. The van der Waals surface area contributed by atoms with Crippen LogP contribution in [0.4, 0.5) is 4.79 Å². The van der Waals surface area contributed by atoms with Crippen LogP contribution < -0.4 is 10.6 Å².